The fourth-order valence-electron chi connectivity index (χ4n) is 3.36. The summed E-state index contributed by atoms with van der Waals surface area (Å²) in [6.45, 7) is 4.15. The second kappa shape index (κ2) is 8.03. The molecular formula is C22H25BrO5. The first kappa shape index (κ1) is 20.5. The van der Waals surface area contributed by atoms with Crippen LogP contribution in [-0.4, -0.2) is 32.7 Å². The maximum atomic E-state index is 13.1. The lowest BCUT2D eigenvalue weighted by Crippen LogP contribution is -2.32. The number of alkyl halides is 1. The molecule has 1 unspecified atom stereocenters. The zero-order valence-electron chi connectivity index (χ0n) is 16.8. The van der Waals surface area contributed by atoms with Crippen LogP contribution in [0.1, 0.15) is 46.6 Å². The standard InChI is InChI=1S/C22H25BrO5/c1-22(2)9-8-13-10-14(6-7-16(13)28-22)20(24)19(23)15-11-17(25-3)21(27-5)18(12-15)26-4/h6-7,10-12,19H,8-9H2,1-5H3. The average molecular weight is 449 g/mol. The highest BCUT2D eigenvalue weighted by molar-refractivity contribution is 9.09. The molecule has 150 valence electrons. The van der Waals surface area contributed by atoms with Crippen molar-refractivity contribution in [2.75, 3.05) is 21.3 Å². The average Bonchev–Trinajstić information content (AvgIpc) is 2.70. The minimum atomic E-state index is -0.541. The van der Waals surface area contributed by atoms with Crippen LogP contribution in [0.5, 0.6) is 23.0 Å². The normalized spacial score (nSPS) is 15.8. The van der Waals surface area contributed by atoms with Gasteiger partial charge in [-0.15, -0.1) is 0 Å². The van der Waals surface area contributed by atoms with Crippen LogP contribution >= 0.6 is 15.9 Å². The molecular weight excluding hydrogens is 424 g/mol. The van der Waals surface area contributed by atoms with Crippen molar-refractivity contribution in [3.05, 3.63) is 47.0 Å². The summed E-state index contributed by atoms with van der Waals surface area (Å²) in [5.74, 6) is 2.33. The van der Waals surface area contributed by atoms with Gasteiger partial charge in [-0.1, -0.05) is 15.9 Å². The molecule has 0 aliphatic carbocycles. The Bertz CT molecular complexity index is 865. The summed E-state index contributed by atoms with van der Waals surface area (Å²) in [5.41, 5.74) is 2.26. The number of benzene rings is 2. The van der Waals surface area contributed by atoms with E-state index in [2.05, 4.69) is 29.8 Å². The number of fused-ring (bicyclic) bond motifs is 1. The van der Waals surface area contributed by atoms with E-state index < -0.39 is 4.83 Å². The smallest absolute Gasteiger partial charge is 0.203 e. The molecule has 2 aromatic rings. The number of ether oxygens (including phenoxy) is 4. The molecule has 5 nitrogen and oxygen atoms in total. The van der Waals surface area contributed by atoms with Gasteiger partial charge in [0.1, 0.15) is 16.2 Å². The van der Waals surface area contributed by atoms with E-state index >= 15 is 0 Å². The monoisotopic (exact) mass is 448 g/mol. The molecule has 1 aliphatic heterocycles. The van der Waals surface area contributed by atoms with Gasteiger partial charge < -0.3 is 18.9 Å². The van der Waals surface area contributed by atoms with E-state index in [1.165, 1.54) is 0 Å². The SMILES string of the molecule is COc1cc(C(Br)C(=O)c2ccc3c(c2)CCC(C)(C)O3)cc(OC)c1OC. The third-order valence-corrected chi connectivity index (χ3v) is 5.88. The molecule has 0 saturated heterocycles. The molecule has 1 heterocycles. The Labute approximate surface area is 174 Å². The second-order valence-corrected chi connectivity index (χ2v) is 8.29. The molecule has 1 aliphatic rings. The number of halogens is 1. The van der Waals surface area contributed by atoms with E-state index in [1.54, 1.807) is 33.5 Å². The van der Waals surface area contributed by atoms with Gasteiger partial charge in [-0.2, -0.15) is 0 Å². The predicted molar refractivity (Wildman–Crippen MR) is 112 cm³/mol. The molecule has 0 saturated carbocycles. The molecule has 3 rings (SSSR count). The summed E-state index contributed by atoms with van der Waals surface area (Å²) in [5, 5.41) is 0. The quantitative estimate of drug-likeness (QED) is 0.452. The molecule has 2 aromatic carbocycles. The Morgan fingerprint density at radius 1 is 1.07 bits per heavy atom. The fourth-order valence-corrected chi connectivity index (χ4v) is 3.89. The highest BCUT2D eigenvalue weighted by Crippen LogP contribution is 2.42. The summed E-state index contributed by atoms with van der Waals surface area (Å²) < 4.78 is 22.2. The van der Waals surface area contributed by atoms with E-state index in [9.17, 15) is 4.79 Å². The topological polar surface area (TPSA) is 54.0 Å². The van der Waals surface area contributed by atoms with Crippen LogP contribution in [-0.2, 0) is 6.42 Å². The van der Waals surface area contributed by atoms with Crippen LogP contribution in [0.2, 0.25) is 0 Å². The third kappa shape index (κ3) is 3.97. The number of rotatable bonds is 6. The Hall–Kier alpha value is -2.21. The van der Waals surface area contributed by atoms with E-state index in [1.807, 2.05) is 18.2 Å². The van der Waals surface area contributed by atoms with Crippen LogP contribution in [0.4, 0.5) is 0 Å². The van der Waals surface area contributed by atoms with Gasteiger partial charge in [0.2, 0.25) is 5.75 Å². The number of ketones is 1. The van der Waals surface area contributed by atoms with Crippen LogP contribution < -0.4 is 18.9 Å². The van der Waals surface area contributed by atoms with Gasteiger partial charge in [0.05, 0.1) is 21.3 Å². The Kier molecular flexibility index (Phi) is 5.89. The zero-order chi connectivity index (χ0) is 20.5. The van der Waals surface area contributed by atoms with E-state index in [0.29, 0.717) is 22.8 Å². The summed E-state index contributed by atoms with van der Waals surface area (Å²) >= 11 is 3.54. The van der Waals surface area contributed by atoms with Crippen LogP contribution in [0, 0.1) is 0 Å². The molecule has 6 heteroatoms. The second-order valence-electron chi connectivity index (χ2n) is 7.37. The van der Waals surface area contributed by atoms with Gasteiger partial charge in [0.15, 0.2) is 17.3 Å². The van der Waals surface area contributed by atoms with E-state index in [4.69, 9.17) is 18.9 Å². The van der Waals surface area contributed by atoms with Gasteiger partial charge >= 0.3 is 0 Å². The molecule has 0 aromatic heterocycles. The van der Waals surface area contributed by atoms with Crippen LogP contribution in [0.15, 0.2) is 30.3 Å². The van der Waals surface area contributed by atoms with Crippen molar-refractivity contribution in [3.63, 3.8) is 0 Å². The first-order valence-corrected chi connectivity index (χ1v) is 10.0. The summed E-state index contributed by atoms with van der Waals surface area (Å²) in [4.78, 5) is 12.6. The molecule has 0 N–H and O–H groups in total. The van der Waals surface area contributed by atoms with Crippen molar-refractivity contribution < 1.29 is 23.7 Å². The first-order valence-electron chi connectivity index (χ1n) is 9.09. The van der Waals surface area contributed by atoms with Gasteiger partial charge in [0.25, 0.3) is 0 Å². The number of carbonyl (C=O) groups excluding carboxylic acids is 1. The lowest BCUT2D eigenvalue weighted by atomic mass is 9.92. The molecule has 0 radical (unpaired) electrons. The molecule has 0 bridgehead atoms. The molecule has 1 atom stereocenters. The van der Waals surface area contributed by atoms with Crippen molar-refractivity contribution in [3.8, 4) is 23.0 Å². The van der Waals surface area contributed by atoms with Gasteiger partial charge in [0, 0.05) is 5.56 Å². The Morgan fingerprint density at radius 2 is 1.71 bits per heavy atom. The summed E-state index contributed by atoms with van der Waals surface area (Å²) in [6.07, 6.45) is 1.81. The lowest BCUT2D eigenvalue weighted by molar-refractivity contribution is 0.0846. The summed E-state index contributed by atoms with van der Waals surface area (Å²) in [6, 6.07) is 9.19. The Balaban J connectivity index is 1.91. The largest absolute Gasteiger partial charge is 0.493 e. The summed E-state index contributed by atoms with van der Waals surface area (Å²) in [7, 11) is 4.65. The maximum absolute atomic E-state index is 13.1. The number of hydrogen-bond donors (Lipinski definition) is 0. The van der Waals surface area contributed by atoms with Crippen molar-refractivity contribution >= 4 is 21.7 Å². The number of hydrogen-bond acceptors (Lipinski definition) is 5. The fraction of sp³-hybridized carbons (Fsp3) is 0.409. The zero-order valence-corrected chi connectivity index (χ0v) is 18.4. The number of aryl methyl sites for hydroxylation is 1. The van der Waals surface area contributed by atoms with Gasteiger partial charge in [-0.25, -0.2) is 0 Å². The van der Waals surface area contributed by atoms with Crippen molar-refractivity contribution in [2.24, 2.45) is 0 Å². The van der Waals surface area contributed by atoms with Crippen LogP contribution in [0.25, 0.3) is 0 Å². The number of methoxy groups -OCH3 is 3. The maximum Gasteiger partial charge on any atom is 0.203 e. The molecule has 28 heavy (non-hydrogen) atoms. The van der Waals surface area contributed by atoms with Gasteiger partial charge in [-0.05, 0) is 68.1 Å². The van der Waals surface area contributed by atoms with Gasteiger partial charge in [-0.3, -0.25) is 4.79 Å². The van der Waals surface area contributed by atoms with Crippen molar-refractivity contribution in [1.82, 2.24) is 0 Å². The van der Waals surface area contributed by atoms with Crippen molar-refractivity contribution in [2.45, 2.75) is 37.1 Å². The highest BCUT2D eigenvalue weighted by Gasteiger charge is 2.28. The number of Topliss-reactive ketones (excluding diaryl/α,β-unsaturated/α-hetero) is 1. The Morgan fingerprint density at radius 3 is 2.29 bits per heavy atom. The van der Waals surface area contributed by atoms with E-state index in [-0.39, 0.29) is 11.4 Å². The minimum absolute atomic E-state index is 0.0399. The lowest BCUT2D eigenvalue weighted by Gasteiger charge is -2.32. The molecule has 0 amide bonds. The highest BCUT2D eigenvalue weighted by atomic mass is 79.9. The molecule has 0 spiro atoms. The third-order valence-electron chi connectivity index (χ3n) is 4.94. The first-order chi connectivity index (χ1) is 13.3. The van der Waals surface area contributed by atoms with E-state index in [0.717, 1.165) is 29.7 Å². The van der Waals surface area contributed by atoms with Crippen molar-refractivity contribution in [1.29, 1.82) is 0 Å². The van der Waals surface area contributed by atoms with Crippen LogP contribution in [0.3, 0.4) is 0 Å². The molecule has 0 fully saturated rings. The minimum Gasteiger partial charge on any atom is -0.493 e. The predicted octanol–water partition coefficient (Wildman–Crippen LogP) is 5.13. The number of carbonyl (C=O) groups is 1.